The monoisotopic (exact) mass is 266 g/mol. The Morgan fingerprint density at radius 2 is 2.05 bits per heavy atom. The van der Waals surface area contributed by atoms with Gasteiger partial charge in [0, 0.05) is 17.8 Å². The molecule has 3 N–H and O–H groups in total. The van der Waals surface area contributed by atoms with Crippen LogP contribution < -0.4 is 15.8 Å². The van der Waals surface area contributed by atoms with Crippen molar-refractivity contribution in [1.29, 1.82) is 0 Å². The highest BCUT2D eigenvalue weighted by molar-refractivity contribution is 5.68. The molecule has 5 heteroatoms. The summed E-state index contributed by atoms with van der Waals surface area (Å²) in [6, 6.07) is 5.34. The van der Waals surface area contributed by atoms with Gasteiger partial charge in [0.2, 0.25) is 0 Å². The molecule has 1 aromatic rings. The number of hydrogen-bond acceptors (Lipinski definition) is 4. The Kier molecular flexibility index (Phi) is 5.03. The summed E-state index contributed by atoms with van der Waals surface area (Å²) in [5, 5.41) is 2.68. The summed E-state index contributed by atoms with van der Waals surface area (Å²) < 4.78 is 10.6. The van der Waals surface area contributed by atoms with Crippen LogP contribution >= 0.6 is 0 Å². The van der Waals surface area contributed by atoms with E-state index in [2.05, 4.69) is 5.32 Å². The number of ether oxygens (including phenoxy) is 2. The Morgan fingerprint density at radius 1 is 1.37 bits per heavy atom. The molecule has 0 spiro atoms. The highest BCUT2D eigenvalue weighted by Gasteiger charge is 2.16. The van der Waals surface area contributed by atoms with E-state index in [1.54, 1.807) is 18.2 Å². The van der Waals surface area contributed by atoms with Crippen LogP contribution in [0.5, 0.6) is 5.75 Å². The molecule has 1 rings (SSSR count). The molecule has 19 heavy (non-hydrogen) atoms. The first-order valence-electron chi connectivity index (χ1n) is 6.30. The van der Waals surface area contributed by atoms with E-state index >= 15 is 0 Å². The fourth-order valence-electron chi connectivity index (χ4n) is 1.52. The maximum absolute atomic E-state index is 11.6. The van der Waals surface area contributed by atoms with Crippen molar-refractivity contribution in [2.75, 3.05) is 12.3 Å². The van der Waals surface area contributed by atoms with Crippen LogP contribution in [0.25, 0.3) is 0 Å². The molecule has 0 saturated heterocycles. The first kappa shape index (κ1) is 15.1. The molecule has 0 bridgehead atoms. The number of nitrogen functional groups attached to an aromatic ring is 1. The lowest BCUT2D eigenvalue weighted by atomic mass is 10.1. The van der Waals surface area contributed by atoms with Gasteiger partial charge in [0.1, 0.15) is 11.4 Å². The number of carbonyl (C=O) groups is 1. The third-order valence-electron chi connectivity index (χ3n) is 2.21. The van der Waals surface area contributed by atoms with Gasteiger partial charge in [0.05, 0.1) is 6.61 Å². The molecule has 0 heterocycles. The van der Waals surface area contributed by atoms with E-state index in [1.807, 2.05) is 27.7 Å². The summed E-state index contributed by atoms with van der Waals surface area (Å²) in [5.74, 6) is 0.716. The minimum Gasteiger partial charge on any atom is -0.494 e. The van der Waals surface area contributed by atoms with Crippen molar-refractivity contribution in [3.05, 3.63) is 23.8 Å². The molecule has 1 aromatic carbocycles. The number of alkyl carbamates (subject to hydrolysis) is 1. The average Bonchev–Trinajstić information content (AvgIpc) is 2.27. The number of anilines is 1. The van der Waals surface area contributed by atoms with Crippen molar-refractivity contribution in [2.45, 2.75) is 39.8 Å². The van der Waals surface area contributed by atoms with Crippen molar-refractivity contribution in [1.82, 2.24) is 5.32 Å². The lowest BCUT2D eigenvalue weighted by Gasteiger charge is -2.20. The van der Waals surface area contributed by atoms with Gasteiger partial charge in [-0.15, -0.1) is 0 Å². The van der Waals surface area contributed by atoms with Gasteiger partial charge in [-0.1, -0.05) is 0 Å². The quantitative estimate of drug-likeness (QED) is 0.822. The summed E-state index contributed by atoms with van der Waals surface area (Å²) in [6.45, 7) is 8.23. The maximum atomic E-state index is 11.6. The van der Waals surface area contributed by atoms with Crippen LogP contribution in [0.4, 0.5) is 10.5 Å². The molecule has 0 atom stereocenters. The van der Waals surface area contributed by atoms with Crippen LogP contribution in [-0.2, 0) is 11.3 Å². The van der Waals surface area contributed by atoms with Crippen molar-refractivity contribution < 1.29 is 14.3 Å². The molecule has 106 valence electrons. The van der Waals surface area contributed by atoms with Crippen LogP contribution in [0, 0.1) is 0 Å². The summed E-state index contributed by atoms with van der Waals surface area (Å²) >= 11 is 0. The zero-order chi connectivity index (χ0) is 14.5. The lowest BCUT2D eigenvalue weighted by molar-refractivity contribution is 0.0523. The molecule has 0 aliphatic rings. The molecular weight excluding hydrogens is 244 g/mol. The van der Waals surface area contributed by atoms with Crippen LogP contribution in [0.2, 0.25) is 0 Å². The van der Waals surface area contributed by atoms with Gasteiger partial charge < -0.3 is 20.5 Å². The summed E-state index contributed by atoms with van der Waals surface area (Å²) in [5.41, 5.74) is 6.68. The molecule has 5 nitrogen and oxygen atoms in total. The summed E-state index contributed by atoms with van der Waals surface area (Å²) in [7, 11) is 0. The molecular formula is C14H22N2O3. The Morgan fingerprint density at radius 3 is 2.63 bits per heavy atom. The van der Waals surface area contributed by atoms with Crippen molar-refractivity contribution in [2.24, 2.45) is 0 Å². The van der Waals surface area contributed by atoms with Gasteiger partial charge in [-0.2, -0.15) is 0 Å². The van der Waals surface area contributed by atoms with Crippen LogP contribution in [0.15, 0.2) is 18.2 Å². The molecule has 0 aliphatic carbocycles. The van der Waals surface area contributed by atoms with Crippen LogP contribution in [0.1, 0.15) is 33.3 Å². The lowest BCUT2D eigenvalue weighted by Crippen LogP contribution is -2.32. The number of nitrogens with two attached hydrogens (primary N) is 1. The second-order valence-corrected chi connectivity index (χ2v) is 5.16. The second kappa shape index (κ2) is 6.31. The summed E-state index contributed by atoms with van der Waals surface area (Å²) in [4.78, 5) is 11.6. The molecule has 0 aromatic heterocycles. The van der Waals surface area contributed by atoms with Gasteiger partial charge in [-0.25, -0.2) is 4.79 Å². The van der Waals surface area contributed by atoms with E-state index in [4.69, 9.17) is 15.2 Å². The molecule has 0 unspecified atom stereocenters. The SMILES string of the molecule is CCOc1ccc(N)cc1CNC(=O)OC(C)(C)C. The van der Waals surface area contributed by atoms with Crippen LogP contribution in [0.3, 0.4) is 0 Å². The predicted octanol–water partition coefficient (Wildman–Crippen LogP) is 2.69. The fourth-order valence-corrected chi connectivity index (χ4v) is 1.52. The number of rotatable bonds is 4. The largest absolute Gasteiger partial charge is 0.494 e. The Labute approximate surface area is 114 Å². The van der Waals surface area contributed by atoms with Gasteiger partial charge in [0.25, 0.3) is 0 Å². The maximum Gasteiger partial charge on any atom is 0.407 e. The Bertz CT molecular complexity index is 439. The minimum absolute atomic E-state index is 0.315. The third-order valence-corrected chi connectivity index (χ3v) is 2.21. The predicted molar refractivity (Wildman–Crippen MR) is 75.1 cm³/mol. The van der Waals surface area contributed by atoms with E-state index in [-0.39, 0.29) is 0 Å². The van der Waals surface area contributed by atoms with E-state index < -0.39 is 11.7 Å². The van der Waals surface area contributed by atoms with Gasteiger partial charge in [-0.05, 0) is 45.9 Å². The number of hydrogen-bond donors (Lipinski definition) is 2. The molecule has 0 fully saturated rings. The molecule has 1 amide bonds. The van der Waals surface area contributed by atoms with E-state index in [1.165, 1.54) is 0 Å². The number of amides is 1. The second-order valence-electron chi connectivity index (χ2n) is 5.16. The molecule has 0 saturated carbocycles. The highest BCUT2D eigenvalue weighted by Crippen LogP contribution is 2.21. The van der Waals surface area contributed by atoms with Crippen molar-refractivity contribution in [3.8, 4) is 5.75 Å². The molecule has 0 radical (unpaired) electrons. The zero-order valence-electron chi connectivity index (χ0n) is 11.9. The van der Waals surface area contributed by atoms with Gasteiger partial charge >= 0.3 is 6.09 Å². The van der Waals surface area contributed by atoms with Crippen molar-refractivity contribution >= 4 is 11.8 Å². The normalized spacial score (nSPS) is 10.9. The van der Waals surface area contributed by atoms with Crippen molar-refractivity contribution in [3.63, 3.8) is 0 Å². The first-order chi connectivity index (χ1) is 8.81. The third kappa shape index (κ3) is 5.50. The standard InChI is InChI=1S/C14H22N2O3/c1-5-18-12-7-6-11(15)8-10(12)9-16-13(17)19-14(2,3)4/h6-8H,5,9,15H2,1-4H3,(H,16,17). The highest BCUT2D eigenvalue weighted by atomic mass is 16.6. The van der Waals surface area contributed by atoms with E-state index in [0.717, 1.165) is 5.56 Å². The number of nitrogens with one attached hydrogen (secondary N) is 1. The van der Waals surface area contributed by atoms with Gasteiger partial charge in [0.15, 0.2) is 0 Å². The van der Waals surface area contributed by atoms with Gasteiger partial charge in [-0.3, -0.25) is 0 Å². The number of carbonyl (C=O) groups excluding carboxylic acids is 1. The summed E-state index contributed by atoms with van der Waals surface area (Å²) in [6.07, 6.45) is -0.461. The van der Waals surface area contributed by atoms with Crippen LogP contribution in [-0.4, -0.2) is 18.3 Å². The minimum atomic E-state index is -0.511. The molecule has 0 aliphatic heterocycles. The number of benzene rings is 1. The Balaban J connectivity index is 2.66. The van der Waals surface area contributed by atoms with E-state index in [9.17, 15) is 4.79 Å². The first-order valence-corrected chi connectivity index (χ1v) is 6.30. The van der Waals surface area contributed by atoms with E-state index in [0.29, 0.717) is 24.6 Å². The fraction of sp³-hybridized carbons (Fsp3) is 0.500. The smallest absolute Gasteiger partial charge is 0.407 e. The Hall–Kier alpha value is -1.91. The zero-order valence-corrected chi connectivity index (χ0v) is 11.9. The topological polar surface area (TPSA) is 73.6 Å². The average molecular weight is 266 g/mol.